The van der Waals surface area contributed by atoms with Crippen LogP contribution in [0.15, 0.2) is 0 Å². The number of alkyl halides is 1. The molecule has 0 aliphatic heterocycles. The lowest BCUT2D eigenvalue weighted by Crippen LogP contribution is -2.34. The Morgan fingerprint density at radius 1 is 1.29 bits per heavy atom. The molecule has 0 aromatic heterocycles. The fraction of sp³-hybridized carbons (Fsp3) is 0.917. The molecule has 1 aliphatic rings. The van der Waals surface area contributed by atoms with E-state index in [1.54, 1.807) is 0 Å². The van der Waals surface area contributed by atoms with Gasteiger partial charge in [0, 0.05) is 5.41 Å². The maximum Gasteiger partial charge on any atom is 0.152 e. The van der Waals surface area contributed by atoms with Crippen LogP contribution in [0.2, 0.25) is 0 Å². The van der Waals surface area contributed by atoms with Gasteiger partial charge in [0.15, 0.2) is 5.78 Å². The van der Waals surface area contributed by atoms with E-state index in [0.717, 1.165) is 12.8 Å². The SMILES string of the molecule is CCCC1C(Br)C(=O)C(C)(C)C1(C)C. The van der Waals surface area contributed by atoms with Gasteiger partial charge in [0.25, 0.3) is 0 Å². The predicted octanol–water partition coefficient (Wildman–Crippen LogP) is 3.80. The van der Waals surface area contributed by atoms with Gasteiger partial charge in [0.2, 0.25) is 0 Å². The monoisotopic (exact) mass is 260 g/mol. The van der Waals surface area contributed by atoms with Gasteiger partial charge < -0.3 is 0 Å². The summed E-state index contributed by atoms with van der Waals surface area (Å²) in [6, 6.07) is 0. The number of hydrogen-bond acceptors (Lipinski definition) is 1. The number of ketones is 1. The lowest BCUT2D eigenvalue weighted by molar-refractivity contribution is -0.126. The third kappa shape index (κ3) is 1.46. The highest BCUT2D eigenvalue weighted by atomic mass is 79.9. The van der Waals surface area contributed by atoms with Crippen LogP contribution >= 0.6 is 15.9 Å². The van der Waals surface area contributed by atoms with Gasteiger partial charge in [0.05, 0.1) is 4.83 Å². The molecule has 0 amide bonds. The number of Topliss-reactive ketones (excluding diaryl/α,β-unsaturated/α-hetero) is 1. The number of halogens is 1. The number of carbonyl (C=O) groups excluding carboxylic acids is 1. The summed E-state index contributed by atoms with van der Waals surface area (Å²) in [6.45, 7) is 10.8. The third-order valence-electron chi connectivity index (χ3n) is 4.36. The largest absolute Gasteiger partial charge is 0.298 e. The zero-order chi connectivity index (χ0) is 11.1. The van der Waals surface area contributed by atoms with Crippen molar-refractivity contribution in [2.45, 2.75) is 52.3 Å². The minimum absolute atomic E-state index is 0.0625. The van der Waals surface area contributed by atoms with E-state index in [0.29, 0.717) is 11.7 Å². The first-order valence-corrected chi connectivity index (χ1v) is 6.36. The molecule has 2 unspecified atom stereocenters. The average Bonchev–Trinajstić information content (AvgIpc) is 2.19. The molecule has 0 radical (unpaired) electrons. The van der Waals surface area contributed by atoms with E-state index >= 15 is 0 Å². The molecule has 0 aromatic carbocycles. The van der Waals surface area contributed by atoms with E-state index < -0.39 is 0 Å². The number of hydrogen-bond donors (Lipinski definition) is 0. The van der Waals surface area contributed by atoms with Crippen LogP contribution in [-0.2, 0) is 4.79 Å². The molecule has 0 aromatic rings. The van der Waals surface area contributed by atoms with Crippen LogP contribution in [0.5, 0.6) is 0 Å². The minimum atomic E-state index is -0.193. The highest BCUT2D eigenvalue weighted by Gasteiger charge is 2.58. The van der Waals surface area contributed by atoms with Crippen molar-refractivity contribution < 1.29 is 4.79 Å². The second kappa shape index (κ2) is 3.62. The molecule has 0 saturated heterocycles. The van der Waals surface area contributed by atoms with E-state index in [9.17, 15) is 4.79 Å². The second-order valence-electron chi connectivity index (χ2n) is 5.51. The van der Waals surface area contributed by atoms with Crippen molar-refractivity contribution in [3.8, 4) is 0 Å². The second-order valence-corrected chi connectivity index (χ2v) is 6.49. The smallest absolute Gasteiger partial charge is 0.152 e. The molecular weight excluding hydrogens is 240 g/mol. The van der Waals surface area contributed by atoms with Gasteiger partial charge in [-0.2, -0.15) is 0 Å². The molecule has 1 saturated carbocycles. The standard InChI is InChI=1S/C12H21BrO/c1-6-7-8-9(13)10(14)12(4,5)11(8,2)3/h8-9H,6-7H2,1-5H3. The molecule has 14 heavy (non-hydrogen) atoms. The van der Waals surface area contributed by atoms with E-state index in [4.69, 9.17) is 0 Å². The summed E-state index contributed by atoms with van der Waals surface area (Å²) in [5.41, 5.74) is -0.0880. The van der Waals surface area contributed by atoms with Crippen LogP contribution in [0.25, 0.3) is 0 Å². The minimum Gasteiger partial charge on any atom is -0.298 e. The quantitative estimate of drug-likeness (QED) is 0.691. The third-order valence-corrected chi connectivity index (χ3v) is 5.41. The van der Waals surface area contributed by atoms with Crippen molar-refractivity contribution in [3.63, 3.8) is 0 Å². The topological polar surface area (TPSA) is 17.1 Å². The van der Waals surface area contributed by atoms with E-state index in [1.165, 1.54) is 0 Å². The number of rotatable bonds is 2. The van der Waals surface area contributed by atoms with Crippen LogP contribution in [0.1, 0.15) is 47.5 Å². The zero-order valence-corrected chi connectivity index (χ0v) is 11.4. The molecule has 2 heteroatoms. The average molecular weight is 261 g/mol. The van der Waals surface area contributed by atoms with Crippen molar-refractivity contribution in [1.29, 1.82) is 0 Å². The lowest BCUT2D eigenvalue weighted by Gasteiger charge is -2.37. The van der Waals surface area contributed by atoms with Crippen LogP contribution in [0, 0.1) is 16.7 Å². The van der Waals surface area contributed by atoms with Crippen LogP contribution in [0.3, 0.4) is 0 Å². The zero-order valence-electron chi connectivity index (χ0n) is 9.86. The molecular formula is C12H21BrO. The number of carbonyl (C=O) groups is 1. The Balaban J connectivity index is 3.05. The van der Waals surface area contributed by atoms with Gasteiger partial charge in [-0.3, -0.25) is 4.79 Å². The van der Waals surface area contributed by atoms with Crippen molar-refractivity contribution in [3.05, 3.63) is 0 Å². The Hall–Kier alpha value is 0.150. The van der Waals surface area contributed by atoms with Gasteiger partial charge >= 0.3 is 0 Å². The van der Waals surface area contributed by atoms with Crippen molar-refractivity contribution in [2.24, 2.45) is 16.7 Å². The predicted molar refractivity (Wildman–Crippen MR) is 63.7 cm³/mol. The van der Waals surface area contributed by atoms with Gasteiger partial charge in [-0.25, -0.2) is 0 Å². The van der Waals surface area contributed by atoms with E-state index in [2.05, 4.69) is 50.5 Å². The summed E-state index contributed by atoms with van der Waals surface area (Å²) < 4.78 is 0. The molecule has 0 heterocycles. The lowest BCUT2D eigenvalue weighted by atomic mass is 9.66. The summed E-state index contributed by atoms with van der Waals surface area (Å²) in [5.74, 6) is 0.857. The van der Waals surface area contributed by atoms with Gasteiger partial charge in [-0.15, -0.1) is 0 Å². The van der Waals surface area contributed by atoms with Crippen molar-refractivity contribution in [2.75, 3.05) is 0 Å². The Bertz CT molecular complexity index is 243. The first-order valence-electron chi connectivity index (χ1n) is 5.45. The Morgan fingerprint density at radius 3 is 2.07 bits per heavy atom. The van der Waals surface area contributed by atoms with Gasteiger partial charge in [0.1, 0.15) is 0 Å². The van der Waals surface area contributed by atoms with Crippen molar-refractivity contribution >= 4 is 21.7 Å². The first-order chi connectivity index (χ1) is 6.26. The molecule has 1 nitrogen and oxygen atoms in total. The molecule has 0 bridgehead atoms. The maximum atomic E-state index is 12.1. The summed E-state index contributed by atoms with van der Waals surface area (Å²) in [6.07, 6.45) is 2.29. The Kier molecular flexibility index (Phi) is 3.16. The first kappa shape index (κ1) is 12.2. The fourth-order valence-corrected chi connectivity index (χ4v) is 3.99. The van der Waals surface area contributed by atoms with E-state index in [1.807, 2.05) is 0 Å². The molecule has 1 fully saturated rings. The van der Waals surface area contributed by atoms with Crippen molar-refractivity contribution in [1.82, 2.24) is 0 Å². The van der Waals surface area contributed by atoms with Crippen LogP contribution in [0.4, 0.5) is 0 Å². The highest BCUT2D eigenvalue weighted by Crippen LogP contribution is 2.56. The fourth-order valence-electron chi connectivity index (χ4n) is 2.49. The normalized spacial score (nSPS) is 34.9. The van der Waals surface area contributed by atoms with Gasteiger partial charge in [-0.1, -0.05) is 57.0 Å². The van der Waals surface area contributed by atoms with Crippen LogP contribution in [-0.4, -0.2) is 10.6 Å². The summed E-state index contributed by atoms with van der Waals surface area (Å²) in [5, 5.41) is 0. The molecule has 2 atom stereocenters. The summed E-state index contributed by atoms with van der Waals surface area (Å²) >= 11 is 3.57. The molecule has 0 N–H and O–H groups in total. The Labute approximate surface area is 95.8 Å². The maximum absolute atomic E-state index is 12.1. The molecule has 1 aliphatic carbocycles. The van der Waals surface area contributed by atoms with Gasteiger partial charge in [-0.05, 0) is 17.8 Å². The van der Waals surface area contributed by atoms with Crippen LogP contribution < -0.4 is 0 Å². The molecule has 82 valence electrons. The molecule has 1 rings (SSSR count). The Morgan fingerprint density at radius 2 is 1.79 bits per heavy atom. The summed E-state index contributed by atoms with van der Waals surface area (Å²) in [7, 11) is 0. The summed E-state index contributed by atoms with van der Waals surface area (Å²) in [4.78, 5) is 12.1. The van der Waals surface area contributed by atoms with E-state index in [-0.39, 0.29) is 15.7 Å². The highest BCUT2D eigenvalue weighted by molar-refractivity contribution is 9.10. The molecule has 0 spiro atoms.